The summed E-state index contributed by atoms with van der Waals surface area (Å²) < 4.78 is 0. The molecule has 0 aliphatic heterocycles. The SMILES string of the molecule is C/C=C\c1ccc(C)c2c(C(CC)NC)ccc([C@H](C)N)c12. The van der Waals surface area contributed by atoms with Crippen LogP contribution in [0.1, 0.15) is 61.5 Å². The van der Waals surface area contributed by atoms with E-state index < -0.39 is 0 Å². The molecule has 2 aromatic rings. The van der Waals surface area contributed by atoms with E-state index in [2.05, 4.69) is 69.4 Å². The van der Waals surface area contributed by atoms with Gasteiger partial charge in [-0.2, -0.15) is 0 Å². The van der Waals surface area contributed by atoms with E-state index >= 15 is 0 Å². The highest BCUT2D eigenvalue weighted by Gasteiger charge is 2.17. The lowest BCUT2D eigenvalue weighted by atomic mass is 9.87. The van der Waals surface area contributed by atoms with Crippen molar-refractivity contribution in [1.29, 1.82) is 0 Å². The molecular formula is C20H28N2. The van der Waals surface area contributed by atoms with E-state index in [1.807, 2.05) is 7.05 Å². The summed E-state index contributed by atoms with van der Waals surface area (Å²) >= 11 is 0. The molecule has 2 nitrogen and oxygen atoms in total. The highest BCUT2D eigenvalue weighted by atomic mass is 14.9. The van der Waals surface area contributed by atoms with Crippen molar-refractivity contribution < 1.29 is 0 Å². The van der Waals surface area contributed by atoms with Crippen molar-refractivity contribution in [3.63, 3.8) is 0 Å². The van der Waals surface area contributed by atoms with Gasteiger partial charge in [0.2, 0.25) is 0 Å². The van der Waals surface area contributed by atoms with Crippen LogP contribution in [0.3, 0.4) is 0 Å². The molecule has 118 valence electrons. The van der Waals surface area contributed by atoms with Crippen LogP contribution < -0.4 is 11.1 Å². The summed E-state index contributed by atoms with van der Waals surface area (Å²) in [6, 6.07) is 9.26. The molecule has 0 aliphatic rings. The lowest BCUT2D eigenvalue weighted by Crippen LogP contribution is -2.17. The van der Waals surface area contributed by atoms with Gasteiger partial charge < -0.3 is 11.1 Å². The average Bonchev–Trinajstić information content (AvgIpc) is 2.51. The van der Waals surface area contributed by atoms with Crippen LogP contribution in [0.2, 0.25) is 0 Å². The average molecular weight is 296 g/mol. The Kier molecular flexibility index (Phi) is 5.38. The summed E-state index contributed by atoms with van der Waals surface area (Å²) in [6.45, 7) is 8.53. The van der Waals surface area contributed by atoms with E-state index in [1.54, 1.807) is 0 Å². The minimum absolute atomic E-state index is 0.0250. The summed E-state index contributed by atoms with van der Waals surface area (Å²) in [4.78, 5) is 0. The van der Waals surface area contributed by atoms with Gasteiger partial charge in [0.05, 0.1) is 0 Å². The predicted molar refractivity (Wildman–Crippen MR) is 98.1 cm³/mol. The normalized spacial score (nSPS) is 14.6. The summed E-state index contributed by atoms with van der Waals surface area (Å²) in [5, 5.41) is 6.10. The molecule has 0 radical (unpaired) electrons. The number of benzene rings is 2. The molecule has 2 rings (SSSR count). The van der Waals surface area contributed by atoms with Gasteiger partial charge >= 0.3 is 0 Å². The minimum Gasteiger partial charge on any atom is -0.324 e. The van der Waals surface area contributed by atoms with E-state index in [0.29, 0.717) is 6.04 Å². The number of hydrogen-bond donors (Lipinski definition) is 2. The molecule has 0 heterocycles. The lowest BCUT2D eigenvalue weighted by Gasteiger charge is -2.22. The molecule has 0 saturated heterocycles. The van der Waals surface area contributed by atoms with Gasteiger partial charge in [0.1, 0.15) is 0 Å². The molecular weight excluding hydrogens is 268 g/mol. The Bertz CT molecular complexity index is 680. The summed E-state index contributed by atoms with van der Waals surface area (Å²) in [5.41, 5.74) is 11.4. The van der Waals surface area contributed by atoms with E-state index in [4.69, 9.17) is 5.73 Å². The fraction of sp³-hybridized carbons (Fsp3) is 0.400. The standard InChI is InChI=1S/C20H28N2/c1-6-8-15-10-9-13(3)19-17(18(7-2)22-5)12-11-16(14(4)21)20(15)19/h6,8-12,14,18,22H,7,21H2,1-5H3/b8-6-/t14-,18?/m0/s1. The third-order valence-electron chi connectivity index (χ3n) is 4.43. The molecule has 2 atom stereocenters. The van der Waals surface area contributed by atoms with Gasteiger partial charge in [-0.25, -0.2) is 0 Å². The fourth-order valence-electron chi connectivity index (χ4n) is 3.32. The van der Waals surface area contributed by atoms with Crippen LogP contribution in [0, 0.1) is 6.92 Å². The zero-order valence-electron chi connectivity index (χ0n) is 14.4. The fourth-order valence-corrected chi connectivity index (χ4v) is 3.32. The highest BCUT2D eigenvalue weighted by molar-refractivity contribution is 5.98. The molecule has 0 amide bonds. The second-order valence-electron chi connectivity index (χ2n) is 6.00. The lowest BCUT2D eigenvalue weighted by molar-refractivity contribution is 0.580. The quantitative estimate of drug-likeness (QED) is 0.826. The van der Waals surface area contributed by atoms with E-state index in [0.717, 1.165) is 6.42 Å². The Morgan fingerprint density at radius 1 is 1.14 bits per heavy atom. The van der Waals surface area contributed by atoms with E-state index in [9.17, 15) is 0 Å². The van der Waals surface area contributed by atoms with Gasteiger partial charge in [-0.05, 0) is 67.3 Å². The highest BCUT2D eigenvalue weighted by Crippen LogP contribution is 2.35. The molecule has 2 heteroatoms. The number of nitrogens with one attached hydrogen (secondary N) is 1. The molecule has 0 bridgehead atoms. The molecule has 0 aliphatic carbocycles. The van der Waals surface area contributed by atoms with Crippen LogP contribution in [0.5, 0.6) is 0 Å². The second kappa shape index (κ2) is 7.08. The maximum Gasteiger partial charge on any atom is 0.0321 e. The molecule has 0 fully saturated rings. The second-order valence-corrected chi connectivity index (χ2v) is 6.00. The third kappa shape index (κ3) is 2.94. The number of fused-ring (bicyclic) bond motifs is 1. The van der Waals surface area contributed by atoms with Gasteiger partial charge in [-0.3, -0.25) is 0 Å². The van der Waals surface area contributed by atoms with Gasteiger partial charge in [0.25, 0.3) is 0 Å². The Balaban J connectivity index is 2.92. The molecule has 22 heavy (non-hydrogen) atoms. The first-order chi connectivity index (χ1) is 10.5. The van der Waals surface area contributed by atoms with Crippen LogP contribution in [0.25, 0.3) is 16.8 Å². The number of allylic oxidation sites excluding steroid dienone is 1. The number of nitrogens with two attached hydrogens (primary N) is 1. The molecule has 0 saturated carbocycles. The first kappa shape index (κ1) is 16.7. The van der Waals surface area contributed by atoms with Crippen molar-refractivity contribution in [2.24, 2.45) is 5.73 Å². The number of rotatable bonds is 5. The summed E-state index contributed by atoms with van der Waals surface area (Å²) in [7, 11) is 2.03. The molecule has 1 unspecified atom stereocenters. The number of hydrogen-bond acceptors (Lipinski definition) is 2. The smallest absolute Gasteiger partial charge is 0.0321 e. The maximum absolute atomic E-state index is 6.25. The van der Waals surface area contributed by atoms with Crippen molar-refractivity contribution in [3.8, 4) is 0 Å². The van der Waals surface area contributed by atoms with Crippen LogP contribution in [-0.2, 0) is 0 Å². The summed E-state index contributed by atoms with van der Waals surface area (Å²) in [6.07, 6.45) is 5.34. The number of aryl methyl sites for hydroxylation is 1. The third-order valence-corrected chi connectivity index (χ3v) is 4.43. The molecule has 3 N–H and O–H groups in total. The van der Waals surface area contributed by atoms with Crippen molar-refractivity contribution >= 4 is 16.8 Å². The Morgan fingerprint density at radius 2 is 1.82 bits per heavy atom. The maximum atomic E-state index is 6.25. The van der Waals surface area contributed by atoms with Crippen LogP contribution in [0.15, 0.2) is 30.3 Å². The first-order valence-electron chi connectivity index (χ1n) is 8.16. The Hall–Kier alpha value is -1.64. The van der Waals surface area contributed by atoms with Gasteiger partial charge in [0, 0.05) is 12.1 Å². The van der Waals surface area contributed by atoms with Crippen LogP contribution in [0.4, 0.5) is 0 Å². The van der Waals surface area contributed by atoms with Gasteiger partial charge in [-0.15, -0.1) is 0 Å². The monoisotopic (exact) mass is 296 g/mol. The van der Waals surface area contributed by atoms with Crippen molar-refractivity contribution in [2.45, 2.75) is 46.2 Å². The molecule has 0 aromatic heterocycles. The zero-order chi connectivity index (χ0) is 16.3. The molecule has 0 spiro atoms. The van der Waals surface area contributed by atoms with Crippen LogP contribution >= 0.6 is 0 Å². The van der Waals surface area contributed by atoms with Gasteiger partial charge in [-0.1, -0.05) is 43.3 Å². The Morgan fingerprint density at radius 3 is 2.36 bits per heavy atom. The van der Waals surface area contributed by atoms with Crippen molar-refractivity contribution in [2.75, 3.05) is 7.05 Å². The van der Waals surface area contributed by atoms with E-state index in [1.165, 1.54) is 33.0 Å². The molecule has 2 aromatic carbocycles. The largest absolute Gasteiger partial charge is 0.324 e. The predicted octanol–water partition coefficient (Wildman–Crippen LogP) is 4.87. The van der Waals surface area contributed by atoms with Crippen molar-refractivity contribution in [3.05, 3.63) is 52.6 Å². The van der Waals surface area contributed by atoms with Crippen LogP contribution in [-0.4, -0.2) is 7.05 Å². The minimum atomic E-state index is 0.0250. The zero-order valence-corrected chi connectivity index (χ0v) is 14.4. The van der Waals surface area contributed by atoms with Crippen molar-refractivity contribution in [1.82, 2.24) is 5.32 Å². The first-order valence-corrected chi connectivity index (χ1v) is 8.16. The van der Waals surface area contributed by atoms with E-state index in [-0.39, 0.29) is 6.04 Å². The summed E-state index contributed by atoms with van der Waals surface area (Å²) in [5.74, 6) is 0. The Labute approximate surface area is 134 Å². The van der Waals surface area contributed by atoms with Gasteiger partial charge in [0.15, 0.2) is 0 Å². The topological polar surface area (TPSA) is 38.0 Å².